The first-order valence-electron chi connectivity index (χ1n) is 5.08. The summed E-state index contributed by atoms with van der Waals surface area (Å²) in [5.41, 5.74) is 0. The third-order valence-electron chi connectivity index (χ3n) is 2.27. The second-order valence-electron chi connectivity index (χ2n) is 3.75. The molecule has 3 atom stereocenters. The molecule has 0 aromatic rings. The molecule has 0 fully saturated rings. The van der Waals surface area contributed by atoms with Crippen molar-refractivity contribution in [3.63, 3.8) is 0 Å². The van der Waals surface area contributed by atoms with Gasteiger partial charge >= 0.3 is 17.9 Å². The van der Waals surface area contributed by atoms with Crippen molar-refractivity contribution in [1.82, 2.24) is 5.32 Å². The molecular weight excluding hydrogens is 230 g/mol. The Hall–Kier alpha value is -1.63. The fourth-order valence-electron chi connectivity index (χ4n) is 1.52. The van der Waals surface area contributed by atoms with Crippen LogP contribution in [0.15, 0.2) is 0 Å². The number of likely N-dealkylation sites (N-methyl/N-ethyl adjacent to an activating group) is 1. The van der Waals surface area contributed by atoms with E-state index >= 15 is 0 Å². The van der Waals surface area contributed by atoms with Crippen molar-refractivity contribution in [1.29, 1.82) is 0 Å². The van der Waals surface area contributed by atoms with Crippen molar-refractivity contribution in [2.75, 3.05) is 7.05 Å². The Kier molecular flexibility index (Phi) is 6.19. The van der Waals surface area contributed by atoms with Gasteiger partial charge in [0.25, 0.3) is 0 Å². The lowest BCUT2D eigenvalue weighted by molar-refractivity contribution is -0.159. The van der Waals surface area contributed by atoms with Crippen LogP contribution < -0.4 is 5.32 Å². The van der Waals surface area contributed by atoms with Gasteiger partial charge in [-0.25, -0.2) is 0 Å². The van der Waals surface area contributed by atoms with E-state index in [2.05, 4.69) is 5.32 Å². The number of carboxylic acid groups (broad SMARTS) is 2. The van der Waals surface area contributed by atoms with Gasteiger partial charge in [0.05, 0.1) is 6.42 Å². The summed E-state index contributed by atoms with van der Waals surface area (Å²) >= 11 is 0. The standard InChI is InChI=1S/C10H17NO6/c1-5(4-7(13)14)9(17-6(2)12)8(11-3)10(15)16/h5,8-9,11H,4H2,1-3H3,(H,13,14)(H,15,16)/t5-,8+,9-/m1/s1. The van der Waals surface area contributed by atoms with Gasteiger partial charge in [-0.3, -0.25) is 14.4 Å². The van der Waals surface area contributed by atoms with Crippen molar-refractivity contribution in [3.8, 4) is 0 Å². The molecule has 0 aliphatic carbocycles. The van der Waals surface area contributed by atoms with Crippen LogP contribution in [0, 0.1) is 5.92 Å². The van der Waals surface area contributed by atoms with E-state index in [1.165, 1.54) is 14.0 Å². The van der Waals surface area contributed by atoms with Crippen molar-refractivity contribution >= 4 is 17.9 Å². The summed E-state index contributed by atoms with van der Waals surface area (Å²) in [6.45, 7) is 2.67. The molecule has 0 saturated heterocycles. The number of aliphatic carboxylic acids is 2. The Morgan fingerprint density at radius 1 is 1.29 bits per heavy atom. The maximum atomic E-state index is 10.9. The summed E-state index contributed by atoms with van der Waals surface area (Å²) in [6.07, 6.45) is -1.30. The zero-order chi connectivity index (χ0) is 13.6. The van der Waals surface area contributed by atoms with E-state index in [0.29, 0.717) is 0 Å². The van der Waals surface area contributed by atoms with E-state index in [4.69, 9.17) is 14.9 Å². The van der Waals surface area contributed by atoms with Crippen LogP contribution in [0.25, 0.3) is 0 Å². The molecule has 0 amide bonds. The van der Waals surface area contributed by atoms with E-state index < -0.39 is 36.0 Å². The van der Waals surface area contributed by atoms with E-state index in [9.17, 15) is 14.4 Å². The topological polar surface area (TPSA) is 113 Å². The number of carbonyl (C=O) groups is 3. The smallest absolute Gasteiger partial charge is 0.324 e. The summed E-state index contributed by atoms with van der Waals surface area (Å²) < 4.78 is 4.88. The monoisotopic (exact) mass is 247 g/mol. The lowest BCUT2D eigenvalue weighted by Gasteiger charge is -2.27. The molecule has 3 N–H and O–H groups in total. The summed E-state index contributed by atoms with van der Waals surface area (Å²) in [7, 11) is 1.41. The van der Waals surface area contributed by atoms with E-state index in [1.54, 1.807) is 0 Å². The first kappa shape index (κ1) is 15.4. The van der Waals surface area contributed by atoms with Crippen LogP contribution in [-0.2, 0) is 19.1 Å². The van der Waals surface area contributed by atoms with Gasteiger partial charge in [0.15, 0.2) is 0 Å². The number of nitrogens with one attached hydrogen (secondary N) is 1. The van der Waals surface area contributed by atoms with Crippen LogP contribution in [0.3, 0.4) is 0 Å². The van der Waals surface area contributed by atoms with Crippen molar-refractivity contribution in [2.24, 2.45) is 5.92 Å². The molecule has 7 nitrogen and oxygen atoms in total. The second-order valence-corrected chi connectivity index (χ2v) is 3.75. The van der Waals surface area contributed by atoms with Gasteiger partial charge < -0.3 is 20.3 Å². The number of esters is 1. The highest BCUT2D eigenvalue weighted by Gasteiger charge is 2.34. The minimum absolute atomic E-state index is 0.274. The number of rotatable bonds is 7. The molecule has 0 bridgehead atoms. The molecule has 0 rings (SSSR count). The van der Waals surface area contributed by atoms with Crippen LogP contribution in [0.1, 0.15) is 20.3 Å². The van der Waals surface area contributed by atoms with E-state index in [-0.39, 0.29) is 6.42 Å². The van der Waals surface area contributed by atoms with E-state index in [0.717, 1.165) is 6.92 Å². The first-order chi connectivity index (χ1) is 7.79. The van der Waals surface area contributed by atoms with Crippen molar-refractivity contribution < 1.29 is 29.3 Å². The van der Waals surface area contributed by atoms with Crippen LogP contribution in [0.5, 0.6) is 0 Å². The average molecular weight is 247 g/mol. The van der Waals surface area contributed by atoms with Gasteiger partial charge in [0.1, 0.15) is 12.1 Å². The summed E-state index contributed by atoms with van der Waals surface area (Å²) in [4.78, 5) is 32.4. The summed E-state index contributed by atoms with van der Waals surface area (Å²) in [5.74, 6) is -3.52. The SMILES string of the molecule is CN[C@H](C(=O)O)[C@H](OC(C)=O)[C@H](C)CC(=O)O. The van der Waals surface area contributed by atoms with Gasteiger partial charge in [0, 0.05) is 12.8 Å². The zero-order valence-corrected chi connectivity index (χ0v) is 9.97. The summed E-state index contributed by atoms with van der Waals surface area (Å²) in [5, 5.41) is 20.1. The Morgan fingerprint density at radius 2 is 1.82 bits per heavy atom. The van der Waals surface area contributed by atoms with Crippen LogP contribution >= 0.6 is 0 Å². The van der Waals surface area contributed by atoms with Crippen molar-refractivity contribution in [2.45, 2.75) is 32.4 Å². The molecule has 0 unspecified atom stereocenters. The first-order valence-corrected chi connectivity index (χ1v) is 5.08. The minimum Gasteiger partial charge on any atom is -0.481 e. The molecule has 0 spiro atoms. The second kappa shape index (κ2) is 6.85. The van der Waals surface area contributed by atoms with Crippen molar-refractivity contribution in [3.05, 3.63) is 0 Å². The lowest BCUT2D eigenvalue weighted by Crippen LogP contribution is -2.49. The zero-order valence-electron chi connectivity index (χ0n) is 9.97. The van der Waals surface area contributed by atoms with Crippen LogP contribution in [0.4, 0.5) is 0 Å². The molecule has 0 aromatic heterocycles. The Labute approximate surface area is 98.8 Å². The number of hydrogen-bond donors (Lipinski definition) is 3. The van der Waals surface area contributed by atoms with Gasteiger partial charge in [-0.05, 0) is 7.05 Å². The molecule has 0 saturated carbocycles. The maximum absolute atomic E-state index is 10.9. The largest absolute Gasteiger partial charge is 0.481 e. The number of hydrogen-bond acceptors (Lipinski definition) is 5. The maximum Gasteiger partial charge on any atom is 0.324 e. The molecular formula is C10H17NO6. The number of carboxylic acids is 2. The summed E-state index contributed by atoms with van der Waals surface area (Å²) in [6, 6.07) is -1.13. The predicted octanol–water partition coefficient (Wildman–Crippen LogP) is -0.299. The number of carbonyl (C=O) groups excluding carboxylic acids is 1. The number of ether oxygens (including phenoxy) is 1. The molecule has 0 radical (unpaired) electrons. The van der Waals surface area contributed by atoms with Gasteiger partial charge in [-0.15, -0.1) is 0 Å². The van der Waals surface area contributed by atoms with E-state index in [1.807, 2.05) is 0 Å². The molecule has 17 heavy (non-hydrogen) atoms. The molecule has 98 valence electrons. The third-order valence-corrected chi connectivity index (χ3v) is 2.27. The minimum atomic E-state index is -1.20. The Balaban J connectivity index is 4.89. The lowest BCUT2D eigenvalue weighted by atomic mass is 9.94. The Bertz CT molecular complexity index is 303. The quantitative estimate of drug-likeness (QED) is 0.529. The molecule has 0 aliphatic rings. The highest BCUT2D eigenvalue weighted by Crippen LogP contribution is 2.16. The van der Waals surface area contributed by atoms with Crippen LogP contribution in [0.2, 0.25) is 0 Å². The highest BCUT2D eigenvalue weighted by atomic mass is 16.5. The highest BCUT2D eigenvalue weighted by molar-refractivity contribution is 5.76. The molecule has 7 heteroatoms. The molecule has 0 aromatic carbocycles. The van der Waals surface area contributed by atoms with Crippen LogP contribution in [-0.4, -0.2) is 47.3 Å². The fraction of sp³-hybridized carbons (Fsp3) is 0.700. The third kappa shape index (κ3) is 5.30. The van der Waals surface area contributed by atoms with Gasteiger partial charge in [0.2, 0.25) is 0 Å². The predicted molar refractivity (Wildman–Crippen MR) is 57.5 cm³/mol. The fourth-order valence-corrected chi connectivity index (χ4v) is 1.52. The molecule has 0 heterocycles. The Morgan fingerprint density at radius 3 is 2.12 bits per heavy atom. The normalized spacial score (nSPS) is 15.7. The molecule has 0 aliphatic heterocycles. The average Bonchev–Trinajstić information content (AvgIpc) is 2.14. The van der Waals surface area contributed by atoms with Gasteiger partial charge in [-0.2, -0.15) is 0 Å². The van der Waals surface area contributed by atoms with Gasteiger partial charge in [-0.1, -0.05) is 6.92 Å².